The predicted octanol–water partition coefficient (Wildman–Crippen LogP) is 2.14. The molecule has 2 rings (SSSR count). The number of aliphatic hydroxyl groups excluding tert-OH is 1. The molecule has 1 heterocycles. The first-order valence-electron chi connectivity index (χ1n) is 5.55. The minimum Gasteiger partial charge on any atom is -0.395 e. The summed E-state index contributed by atoms with van der Waals surface area (Å²) in [7, 11) is -3.70. The molecule has 100 valence electrons. The minimum atomic E-state index is -3.70. The van der Waals surface area contributed by atoms with Gasteiger partial charge >= 0.3 is 0 Å². The van der Waals surface area contributed by atoms with Crippen LogP contribution in [0.3, 0.4) is 0 Å². The SMILES string of the molecule is O=S(=O)(c1cccc(Cl)c1Cl)N1CCC[C@H]1CO. The summed E-state index contributed by atoms with van der Waals surface area (Å²) in [6.45, 7) is 0.216. The normalized spacial score (nSPS) is 21.4. The molecule has 18 heavy (non-hydrogen) atoms. The van der Waals surface area contributed by atoms with Gasteiger partial charge in [0.1, 0.15) is 4.90 Å². The lowest BCUT2D eigenvalue weighted by atomic mass is 10.2. The fourth-order valence-corrected chi connectivity index (χ4v) is 4.54. The monoisotopic (exact) mass is 309 g/mol. The highest BCUT2D eigenvalue weighted by atomic mass is 35.5. The van der Waals surface area contributed by atoms with E-state index in [1.54, 1.807) is 6.07 Å². The van der Waals surface area contributed by atoms with Gasteiger partial charge in [0.05, 0.1) is 16.7 Å². The molecule has 0 aliphatic carbocycles. The van der Waals surface area contributed by atoms with E-state index in [9.17, 15) is 13.5 Å². The van der Waals surface area contributed by atoms with Gasteiger partial charge in [-0.1, -0.05) is 29.3 Å². The average Bonchev–Trinajstić information content (AvgIpc) is 2.81. The van der Waals surface area contributed by atoms with Crippen molar-refractivity contribution in [1.82, 2.24) is 4.31 Å². The fourth-order valence-electron chi connectivity index (χ4n) is 2.12. The Hall–Kier alpha value is -0.330. The summed E-state index contributed by atoms with van der Waals surface area (Å²) >= 11 is 11.8. The molecule has 0 amide bonds. The molecule has 0 radical (unpaired) electrons. The van der Waals surface area contributed by atoms with E-state index in [0.29, 0.717) is 13.0 Å². The third kappa shape index (κ3) is 2.38. The minimum absolute atomic E-state index is 0.00276. The van der Waals surface area contributed by atoms with Crippen LogP contribution in [0.2, 0.25) is 10.0 Å². The number of sulfonamides is 1. The Kier molecular flexibility index (Phi) is 4.18. The number of nitrogens with zero attached hydrogens (tertiary/aromatic N) is 1. The van der Waals surface area contributed by atoms with Crippen molar-refractivity contribution < 1.29 is 13.5 Å². The fraction of sp³-hybridized carbons (Fsp3) is 0.455. The highest BCUT2D eigenvalue weighted by Crippen LogP contribution is 2.33. The van der Waals surface area contributed by atoms with Gasteiger partial charge in [0, 0.05) is 12.6 Å². The summed E-state index contributed by atoms with van der Waals surface area (Å²) in [4.78, 5) is -0.00276. The molecule has 0 bridgehead atoms. The summed E-state index contributed by atoms with van der Waals surface area (Å²) in [5.41, 5.74) is 0. The van der Waals surface area contributed by atoms with E-state index in [2.05, 4.69) is 0 Å². The molecule has 1 atom stereocenters. The van der Waals surface area contributed by atoms with E-state index in [-0.39, 0.29) is 27.6 Å². The third-order valence-corrected chi connectivity index (χ3v) is 5.96. The van der Waals surface area contributed by atoms with E-state index >= 15 is 0 Å². The average molecular weight is 310 g/mol. The lowest BCUT2D eigenvalue weighted by Crippen LogP contribution is -2.37. The molecule has 1 aliphatic heterocycles. The maximum Gasteiger partial charge on any atom is 0.244 e. The largest absolute Gasteiger partial charge is 0.395 e. The first-order chi connectivity index (χ1) is 8.48. The lowest BCUT2D eigenvalue weighted by molar-refractivity contribution is 0.213. The van der Waals surface area contributed by atoms with Crippen LogP contribution >= 0.6 is 23.2 Å². The number of hydrogen-bond acceptors (Lipinski definition) is 3. The molecule has 0 spiro atoms. The zero-order valence-corrected chi connectivity index (χ0v) is 11.8. The van der Waals surface area contributed by atoms with Crippen LogP contribution < -0.4 is 0 Å². The van der Waals surface area contributed by atoms with Crippen molar-refractivity contribution in [2.24, 2.45) is 0 Å². The van der Waals surface area contributed by atoms with Gasteiger partial charge in [0.15, 0.2) is 0 Å². The van der Waals surface area contributed by atoms with E-state index < -0.39 is 10.0 Å². The van der Waals surface area contributed by atoms with Gasteiger partial charge in [0.2, 0.25) is 10.0 Å². The second kappa shape index (κ2) is 5.35. The molecule has 4 nitrogen and oxygen atoms in total. The Labute approximate surface area is 116 Å². The zero-order chi connectivity index (χ0) is 13.3. The summed E-state index contributed by atoms with van der Waals surface area (Å²) in [5.74, 6) is 0. The molecule has 0 unspecified atom stereocenters. The van der Waals surface area contributed by atoms with Crippen molar-refractivity contribution in [2.75, 3.05) is 13.2 Å². The van der Waals surface area contributed by atoms with Gasteiger partial charge in [0.25, 0.3) is 0 Å². The molecular weight excluding hydrogens is 297 g/mol. The summed E-state index contributed by atoms with van der Waals surface area (Å²) in [6.07, 6.45) is 1.40. The molecular formula is C11H13Cl2NO3S. The molecule has 1 aromatic rings. The van der Waals surface area contributed by atoms with Gasteiger partial charge < -0.3 is 5.11 Å². The topological polar surface area (TPSA) is 57.6 Å². The van der Waals surface area contributed by atoms with Crippen molar-refractivity contribution in [2.45, 2.75) is 23.8 Å². The van der Waals surface area contributed by atoms with E-state index in [4.69, 9.17) is 23.2 Å². The maximum atomic E-state index is 12.4. The Bertz CT molecular complexity index is 547. The van der Waals surface area contributed by atoms with E-state index in [0.717, 1.165) is 6.42 Å². The van der Waals surface area contributed by atoms with Crippen molar-refractivity contribution in [3.63, 3.8) is 0 Å². The molecule has 1 fully saturated rings. The van der Waals surface area contributed by atoms with Crippen molar-refractivity contribution in [3.8, 4) is 0 Å². The Morgan fingerprint density at radius 3 is 2.78 bits per heavy atom. The number of benzene rings is 1. The molecule has 0 saturated carbocycles. The zero-order valence-electron chi connectivity index (χ0n) is 9.51. The van der Waals surface area contributed by atoms with Crippen LogP contribution in [0, 0.1) is 0 Å². The van der Waals surface area contributed by atoms with Crippen LogP contribution in [-0.4, -0.2) is 37.0 Å². The third-order valence-electron chi connectivity index (χ3n) is 3.04. The molecule has 1 aliphatic rings. The number of aliphatic hydroxyl groups is 1. The van der Waals surface area contributed by atoms with Crippen LogP contribution in [0.1, 0.15) is 12.8 Å². The molecule has 1 aromatic carbocycles. The smallest absolute Gasteiger partial charge is 0.244 e. The van der Waals surface area contributed by atoms with Crippen molar-refractivity contribution in [3.05, 3.63) is 28.2 Å². The first-order valence-corrected chi connectivity index (χ1v) is 7.75. The molecule has 7 heteroatoms. The number of hydrogen-bond donors (Lipinski definition) is 1. The Morgan fingerprint density at radius 2 is 2.11 bits per heavy atom. The first kappa shape index (κ1) is 14.1. The van der Waals surface area contributed by atoms with Gasteiger partial charge in [-0.05, 0) is 25.0 Å². The van der Waals surface area contributed by atoms with Gasteiger partial charge in [-0.3, -0.25) is 0 Å². The second-order valence-corrected chi connectivity index (χ2v) is 6.79. The number of rotatable bonds is 3. The van der Waals surface area contributed by atoms with Crippen LogP contribution in [-0.2, 0) is 10.0 Å². The maximum absolute atomic E-state index is 12.4. The van der Waals surface area contributed by atoms with Crippen LogP contribution in [0.4, 0.5) is 0 Å². The van der Waals surface area contributed by atoms with E-state index in [1.807, 2.05) is 0 Å². The second-order valence-electron chi connectivity index (χ2n) is 4.15. The standard InChI is InChI=1S/C11H13Cl2NO3S/c12-9-4-1-5-10(11(9)13)18(16,17)14-6-2-3-8(14)7-15/h1,4-5,8,15H,2-3,6-7H2/t8-/m0/s1. The highest BCUT2D eigenvalue weighted by Gasteiger charge is 2.36. The Morgan fingerprint density at radius 1 is 1.39 bits per heavy atom. The summed E-state index contributed by atoms with van der Waals surface area (Å²) in [5, 5.41) is 9.44. The van der Waals surface area contributed by atoms with Gasteiger partial charge in [-0.2, -0.15) is 4.31 Å². The van der Waals surface area contributed by atoms with Crippen molar-refractivity contribution >= 4 is 33.2 Å². The summed E-state index contributed by atoms with van der Waals surface area (Å²) in [6, 6.07) is 4.14. The van der Waals surface area contributed by atoms with Crippen LogP contribution in [0.25, 0.3) is 0 Å². The molecule has 0 aromatic heterocycles. The van der Waals surface area contributed by atoms with Crippen LogP contribution in [0.5, 0.6) is 0 Å². The van der Waals surface area contributed by atoms with Gasteiger partial charge in [-0.15, -0.1) is 0 Å². The van der Waals surface area contributed by atoms with E-state index in [1.165, 1.54) is 16.4 Å². The molecule has 1 saturated heterocycles. The Balaban J connectivity index is 2.45. The van der Waals surface area contributed by atoms with Gasteiger partial charge in [-0.25, -0.2) is 8.42 Å². The lowest BCUT2D eigenvalue weighted by Gasteiger charge is -2.23. The van der Waals surface area contributed by atoms with Crippen molar-refractivity contribution in [1.29, 1.82) is 0 Å². The number of halogens is 2. The summed E-state index contributed by atoms with van der Waals surface area (Å²) < 4.78 is 26.2. The van der Waals surface area contributed by atoms with Crippen LogP contribution in [0.15, 0.2) is 23.1 Å². The predicted molar refractivity (Wildman–Crippen MR) is 70.5 cm³/mol. The molecule has 1 N–H and O–H groups in total. The quantitative estimate of drug-likeness (QED) is 0.930. The highest BCUT2D eigenvalue weighted by molar-refractivity contribution is 7.89.